The van der Waals surface area contributed by atoms with Crippen LogP contribution >= 0.6 is 0 Å². The number of carbonyl (C=O) groups excluding carboxylic acids is 2. The molecule has 2 amide bonds. The molecule has 1 aromatic rings. The van der Waals surface area contributed by atoms with Crippen molar-refractivity contribution in [3.63, 3.8) is 0 Å². The Morgan fingerprint density at radius 3 is 2.47 bits per heavy atom. The fourth-order valence-electron chi connectivity index (χ4n) is 2.27. The van der Waals surface area contributed by atoms with Crippen LogP contribution in [0.5, 0.6) is 0 Å². The molecular weight excluding hydrogens is 240 g/mol. The number of carbonyl (C=O) groups is 2. The zero-order valence-electron chi connectivity index (χ0n) is 11.2. The van der Waals surface area contributed by atoms with Crippen LogP contribution in [0.2, 0.25) is 0 Å². The highest BCUT2D eigenvalue weighted by Crippen LogP contribution is 2.17. The van der Waals surface area contributed by atoms with E-state index >= 15 is 0 Å². The number of hydrogen-bond donors (Lipinski definition) is 1. The normalized spacial score (nSPS) is 19.8. The van der Waals surface area contributed by atoms with Gasteiger partial charge in [-0.15, -0.1) is 0 Å². The zero-order chi connectivity index (χ0) is 14.0. The topological polar surface area (TPSA) is 49.4 Å². The Hall–Kier alpha value is -2.10. The van der Waals surface area contributed by atoms with E-state index in [0.717, 1.165) is 5.56 Å². The number of rotatable bonds is 3. The monoisotopic (exact) mass is 258 g/mol. The van der Waals surface area contributed by atoms with E-state index in [1.165, 1.54) is 4.90 Å². The molecule has 1 aliphatic rings. The van der Waals surface area contributed by atoms with Gasteiger partial charge in [0, 0.05) is 12.5 Å². The lowest BCUT2D eigenvalue weighted by Gasteiger charge is -2.36. The maximum absolute atomic E-state index is 12.4. The van der Waals surface area contributed by atoms with Crippen molar-refractivity contribution in [2.45, 2.75) is 32.4 Å². The molecule has 2 rings (SSSR count). The van der Waals surface area contributed by atoms with Crippen molar-refractivity contribution in [2.24, 2.45) is 0 Å². The number of benzene rings is 1. The molecule has 1 N–H and O–H groups in total. The molecule has 1 atom stereocenters. The molecule has 1 fully saturated rings. The molecule has 0 spiro atoms. The summed E-state index contributed by atoms with van der Waals surface area (Å²) in [6.45, 7) is 7.44. The van der Waals surface area contributed by atoms with Crippen molar-refractivity contribution in [1.82, 2.24) is 10.2 Å². The molecule has 1 aliphatic heterocycles. The van der Waals surface area contributed by atoms with E-state index in [9.17, 15) is 9.59 Å². The molecule has 4 heteroatoms. The molecule has 0 bridgehead atoms. The Labute approximate surface area is 113 Å². The third-order valence-electron chi connectivity index (χ3n) is 3.19. The third-order valence-corrected chi connectivity index (χ3v) is 3.19. The van der Waals surface area contributed by atoms with Crippen LogP contribution in [-0.4, -0.2) is 28.8 Å². The Bertz CT molecular complexity index is 508. The van der Waals surface area contributed by atoms with E-state index in [2.05, 4.69) is 11.9 Å². The van der Waals surface area contributed by atoms with E-state index in [1.807, 2.05) is 44.2 Å². The van der Waals surface area contributed by atoms with Crippen LogP contribution < -0.4 is 5.32 Å². The van der Waals surface area contributed by atoms with Gasteiger partial charge in [0.15, 0.2) is 0 Å². The van der Waals surface area contributed by atoms with E-state index < -0.39 is 6.04 Å². The number of piperazine rings is 1. The second-order valence-electron chi connectivity index (χ2n) is 4.96. The van der Waals surface area contributed by atoms with E-state index in [1.54, 1.807) is 0 Å². The van der Waals surface area contributed by atoms with Crippen molar-refractivity contribution < 1.29 is 9.59 Å². The first-order valence-corrected chi connectivity index (χ1v) is 6.37. The lowest BCUT2D eigenvalue weighted by atomic mass is 10.0. The standard InChI is InChI=1S/C15H18N2O2/c1-10(2)17-11(3)14(18)16-13(15(17)19)9-12-7-5-4-6-8-12/h4-8,10,13H,3,9H2,1-2H3,(H,16,18)/t13-/m0/s1. The summed E-state index contributed by atoms with van der Waals surface area (Å²) in [7, 11) is 0. The summed E-state index contributed by atoms with van der Waals surface area (Å²) in [6.07, 6.45) is 0.502. The average molecular weight is 258 g/mol. The van der Waals surface area contributed by atoms with Gasteiger partial charge in [0.05, 0.1) is 0 Å². The molecule has 0 aromatic heterocycles. The van der Waals surface area contributed by atoms with Crippen LogP contribution in [0.4, 0.5) is 0 Å². The van der Waals surface area contributed by atoms with Crippen LogP contribution in [0.25, 0.3) is 0 Å². The molecule has 4 nitrogen and oxygen atoms in total. The molecule has 0 unspecified atom stereocenters. The van der Waals surface area contributed by atoms with Crippen molar-refractivity contribution in [3.05, 3.63) is 48.2 Å². The lowest BCUT2D eigenvalue weighted by Crippen LogP contribution is -2.58. The molecule has 100 valence electrons. The SMILES string of the molecule is C=C1C(=O)N[C@@H](Cc2ccccc2)C(=O)N1C(C)C. The highest BCUT2D eigenvalue weighted by molar-refractivity contribution is 6.04. The maximum atomic E-state index is 12.4. The first-order chi connectivity index (χ1) is 9.00. The maximum Gasteiger partial charge on any atom is 0.268 e. The van der Waals surface area contributed by atoms with Gasteiger partial charge in [0.1, 0.15) is 11.7 Å². The highest BCUT2D eigenvalue weighted by Gasteiger charge is 2.36. The third kappa shape index (κ3) is 2.67. The van der Waals surface area contributed by atoms with Crippen molar-refractivity contribution in [1.29, 1.82) is 0 Å². The van der Waals surface area contributed by atoms with Gasteiger partial charge in [-0.05, 0) is 19.4 Å². The average Bonchev–Trinajstić information content (AvgIpc) is 2.37. The Morgan fingerprint density at radius 2 is 1.89 bits per heavy atom. The fourth-order valence-corrected chi connectivity index (χ4v) is 2.27. The first-order valence-electron chi connectivity index (χ1n) is 6.37. The van der Waals surface area contributed by atoms with Crippen LogP contribution in [0.1, 0.15) is 19.4 Å². The van der Waals surface area contributed by atoms with Gasteiger partial charge in [-0.2, -0.15) is 0 Å². The quantitative estimate of drug-likeness (QED) is 0.835. The van der Waals surface area contributed by atoms with Crippen molar-refractivity contribution in [3.8, 4) is 0 Å². The Kier molecular flexibility index (Phi) is 3.69. The van der Waals surface area contributed by atoms with E-state index in [-0.39, 0.29) is 23.6 Å². The summed E-state index contributed by atoms with van der Waals surface area (Å²) in [5.74, 6) is -0.363. The molecular formula is C15H18N2O2. The lowest BCUT2D eigenvalue weighted by molar-refractivity contribution is -0.141. The summed E-state index contributed by atoms with van der Waals surface area (Å²) in [5.41, 5.74) is 1.25. The second-order valence-corrected chi connectivity index (χ2v) is 4.96. The second kappa shape index (κ2) is 5.26. The predicted molar refractivity (Wildman–Crippen MR) is 73.2 cm³/mol. The van der Waals surface area contributed by atoms with E-state index in [0.29, 0.717) is 6.42 Å². The molecule has 1 heterocycles. The molecule has 1 saturated heterocycles. The molecule has 0 saturated carbocycles. The van der Waals surface area contributed by atoms with Crippen LogP contribution in [0.15, 0.2) is 42.6 Å². The highest BCUT2D eigenvalue weighted by atomic mass is 16.2. The van der Waals surface area contributed by atoms with Crippen LogP contribution in [0.3, 0.4) is 0 Å². The Balaban J connectivity index is 2.20. The van der Waals surface area contributed by atoms with Gasteiger partial charge in [0.25, 0.3) is 5.91 Å². The largest absolute Gasteiger partial charge is 0.339 e. The van der Waals surface area contributed by atoms with Gasteiger partial charge in [-0.25, -0.2) is 0 Å². The zero-order valence-corrected chi connectivity index (χ0v) is 11.2. The predicted octanol–water partition coefficient (Wildman–Crippen LogP) is 1.48. The van der Waals surface area contributed by atoms with Crippen LogP contribution in [-0.2, 0) is 16.0 Å². The van der Waals surface area contributed by atoms with Crippen molar-refractivity contribution >= 4 is 11.8 Å². The Morgan fingerprint density at radius 1 is 1.26 bits per heavy atom. The summed E-state index contributed by atoms with van der Waals surface area (Å²) >= 11 is 0. The first kappa shape index (κ1) is 13.3. The van der Waals surface area contributed by atoms with Gasteiger partial charge in [-0.1, -0.05) is 36.9 Å². The number of amides is 2. The fraction of sp³-hybridized carbons (Fsp3) is 0.333. The minimum Gasteiger partial charge on any atom is -0.339 e. The molecule has 19 heavy (non-hydrogen) atoms. The number of nitrogens with zero attached hydrogens (tertiary/aromatic N) is 1. The van der Waals surface area contributed by atoms with Gasteiger partial charge in [0.2, 0.25) is 5.91 Å². The molecule has 1 aromatic carbocycles. The van der Waals surface area contributed by atoms with Gasteiger partial charge < -0.3 is 10.2 Å². The minimum absolute atomic E-state index is 0.0654. The summed E-state index contributed by atoms with van der Waals surface area (Å²) in [4.78, 5) is 25.7. The molecule has 0 aliphatic carbocycles. The van der Waals surface area contributed by atoms with E-state index in [4.69, 9.17) is 0 Å². The smallest absolute Gasteiger partial charge is 0.268 e. The number of nitrogens with one attached hydrogen (secondary N) is 1. The minimum atomic E-state index is -0.511. The van der Waals surface area contributed by atoms with Gasteiger partial charge in [-0.3, -0.25) is 9.59 Å². The summed E-state index contributed by atoms with van der Waals surface area (Å²) in [6, 6.07) is 9.08. The number of hydrogen-bond acceptors (Lipinski definition) is 2. The van der Waals surface area contributed by atoms with Crippen molar-refractivity contribution in [2.75, 3.05) is 0 Å². The summed E-state index contributed by atoms with van der Waals surface area (Å²) < 4.78 is 0. The molecule has 0 radical (unpaired) electrons. The van der Waals surface area contributed by atoms with Crippen LogP contribution in [0, 0.1) is 0 Å². The van der Waals surface area contributed by atoms with Gasteiger partial charge >= 0.3 is 0 Å². The summed E-state index contributed by atoms with van der Waals surface area (Å²) in [5, 5.41) is 2.72.